The van der Waals surface area contributed by atoms with Gasteiger partial charge in [0, 0.05) is 6.42 Å². The zero-order valence-corrected chi connectivity index (χ0v) is 22.9. The number of unbranched alkanes of at least 4 members (excludes halogenated alkanes) is 16. The lowest BCUT2D eigenvalue weighted by Gasteiger charge is -2.20. The Morgan fingerprint density at radius 2 is 0.938 bits per heavy atom. The van der Waals surface area contributed by atoms with Crippen molar-refractivity contribution in [2.24, 2.45) is 11.8 Å². The first-order valence-electron chi connectivity index (χ1n) is 14.7. The summed E-state index contributed by atoms with van der Waals surface area (Å²) < 4.78 is 5.17. The van der Waals surface area contributed by atoms with Crippen molar-refractivity contribution in [1.82, 2.24) is 0 Å². The minimum Gasteiger partial charge on any atom is -0.463 e. The van der Waals surface area contributed by atoms with Crippen LogP contribution < -0.4 is 0 Å². The molecule has 2 nitrogen and oxygen atoms in total. The van der Waals surface area contributed by atoms with Crippen molar-refractivity contribution in [2.75, 3.05) is 0 Å². The molecule has 32 heavy (non-hydrogen) atoms. The molecule has 0 aromatic heterocycles. The molecule has 0 N–H and O–H groups in total. The molecule has 0 amide bonds. The molecule has 0 aliphatic rings. The number of carbonyl (C=O) groups is 1. The van der Waals surface area contributed by atoms with Gasteiger partial charge in [-0.3, -0.25) is 4.79 Å². The number of esters is 1. The topological polar surface area (TPSA) is 26.3 Å². The van der Waals surface area contributed by atoms with Crippen LogP contribution in [-0.2, 0) is 9.53 Å². The van der Waals surface area contributed by atoms with E-state index in [4.69, 9.17) is 4.74 Å². The maximum Gasteiger partial charge on any atom is 0.306 e. The summed E-state index contributed by atoms with van der Waals surface area (Å²) in [7, 11) is 0. The van der Waals surface area contributed by atoms with Crippen molar-refractivity contribution in [1.29, 1.82) is 0 Å². The number of carbonyl (C=O) groups excluding carboxylic acids is 1. The van der Waals surface area contributed by atoms with E-state index in [1.807, 2.05) is 13.8 Å². The molecule has 1 unspecified atom stereocenters. The van der Waals surface area contributed by atoms with E-state index in [-0.39, 0.29) is 12.1 Å². The summed E-state index contributed by atoms with van der Waals surface area (Å²) in [4.78, 5) is 11.5. The molecule has 2 heteroatoms. The third kappa shape index (κ3) is 22.7. The largest absolute Gasteiger partial charge is 0.463 e. The SMILES string of the molecule is CCCCCCCCC(CCCCCCCCCCCCCCC(=O)OC(C)C)C(C)C. The molecule has 0 saturated carbocycles. The Hall–Kier alpha value is -0.530. The highest BCUT2D eigenvalue weighted by molar-refractivity contribution is 5.69. The highest BCUT2D eigenvalue weighted by Crippen LogP contribution is 2.25. The average molecular weight is 453 g/mol. The van der Waals surface area contributed by atoms with E-state index >= 15 is 0 Å². The summed E-state index contributed by atoms with van der Waals surface area (Å²) in [5.41, 5.74) is 0. The molecule has 0 saturated heterocycles. The van der Waals surface area contributed by atoms with E-state index < -0.39 is 0 Å². The minimum absolute atomic E-state index is 0.0226. The first kappa shape index (κ1) is 31.5. The fraction of sp³-hybridized carbons (Fsp3) is 0.967. The number of rotatable bonds is 24. The van der Waals surface area contributed by atoms with Crippen LogP contribution in [-0.4, -0.2) is 12.1 Å². The van der Waals surface area contributed by atoms with Gasteiger partial charge in [-0.2, -0.15) is 0 Å². The quantitative estimate of drug-likeness (QED) is 0.107. The Morgan fingerprint density at radius 3 is 1.31 bits per heavy atom. The maximum absolute atomic E-state index is 11.5. The van der Waals surface area contributed by atoms with Crippen molar-refractivity contribution in [3.05, 3.63) is 0 Å². The van der Waals surface area contributed by atoms with Gasteiger partial charge in [-0.05, 0) is 32.1 Å². The van der Waals surface area contributed by atoms with Crippen LogP contribution in [0.5, 0.6) is 0 Å². The van der Waals surface area contributed by atoms with Gasteiger partial charge in [0.25, 0.3) is 0 Å². The van der Waals surface area contributed by atoms with Crippen molar-refractivity contribution < 1.29 is 9.53 Å². The van der Waals surface area contributed by atoms with Crippen molar-refractivity contribution >= 4 is 5.97 Å². The second-order valence-electron chi connectivity index (χ2n) is 10.9. The van der Waals surface area contributed by atoms with Crippen LogP contribution in [0.1, 0.15) is 169 Å². The molecule has 0 heterocycles. The fourth-order valence-electron chi connectivity index (χ4n) is 4.76. The molecule has 0 radical (unpaired) electrons. The van der Waals surface area contributed by atoms with Gasteiger partial charge in [0.1, 0.15) is 0 Å². The van der Waals surface area contributed by atoms with E-state index in [1.54, 1.807) is 0 Å². The summed E-state index contributed by atoms with van der Waals surface area (Å²) in [6.07, 6.45) is 28.2. The maximum atomic E-state index is 11.5. The second kappa shape index (κ2) is 23.6. The molecule has 0 aliphatic carbocycles. The van der Waals surface area contributed by atoms with E-state index in [2.05, 4.69) is 20.8 Å². The molecule has 0 aromatic carbocycles. The molecule has 0 bridgehead atoms. The Balaban J connectivity index is 3.39. The first-order valence-corrected chi connectivity index (χ1v) is 14.7. The van der Waals surface area contributed by atoms with Gasteiger partial charge in [0.2, 0.25) is 0 Å². The van der Waals surface area contributed by atoms with Gasteiger partial charge in [-0.25, -0.2) is 0 Å². The van der Waals surface area contributed by atoms with E-state index in [9.17, 15) is 4.79 Å². The Kier molecular flexibility index (Phi) is 23.2. The van der Waals surface area contributed by atoms with Crippen LogP contribution in [0, 0.1) is 11.8 Å². The Morgan fingerprint density at radius 1 is 0.562 bits per heavy atom. The molecule has 0 aliphatic heterocycles. The summed E-state index contributed by atoms with van der Waals surface area (Å²) in [5.74, 6) is 1.79. The zero-order valence-electron chi connectivity index (χ0n) is 22.9. The zero-order chi connectivity index (χ0) is 23.9. The molecule has 0 spiro atoms. The van der Waals surface area contributed by atoms with Crippen molar-refractivity contribution in [3.63, 3.8) is 0 Å². The van der Waals surface area contributed by atoms with Gasteiger partial charge in [0.15, 0.2) is 0 Å². The number of hydrogen-bond donors (Lipinski definition) is 0. The molecule has 0 fully saturated rings. The summed E-state index contributed by atoms with van der Waals surface area (Å²) >= 11 is 0. The van der Waals surface area contributed by atoms with Crippen LogP contribution in [0.15, 0.2) is 0 Å². The normalized spacial score (nSPS) is 12.6. The van der Waals surface area contributed by atoms with Gasteiger partial charge in [-0.15, -0.1) is 0 Å². The lowest BCUT2D eigenvalue weighted by Crippen LogP contribution is -2.10. The predicted octanol–water partition coefficient (Wildman–Crippen LogP) is 10.4. The molecular formula is C30H60O2. The van der Waals surface area contributed by atoms with Crippen molar-refractivity contribution in [2.45, 2.75) is 176 Å². The lowest BCUT2D eigenvalue weighted by molar-refractivity contribution is -0.147. The first-order chi connectivity index (χ1) is 15.5. The van der Waals surface area contributed by atoms with Crippen LogP contribution in [0.25, 0.3) is 0 Å². The summed E-state index contributed by atoms with van der Waals surface area (Å²) in [6.45, 7) is 11.0. The molecule has 0 rings (SSSR count). The smallest absolute Gasteiger partial charge is 0.306 e. The average Bonchev–Trinajstić information content (AvgIpc) is 2.74. The predicted molar refractivity (Wildman–Crippen MR) is 142 cm³/mol. The molecule has 1 atom stereocenters. The Bertz CT molecular complexity index is 388. The standard InChI is InChI=1S/C30H60O2/c1-6-7-8-9-18-21-24-29(27(2)3)25-22-19-16-14-12-10-11-13-15-17-20-23-26-30(31)32-28(4)5/h27-29H,6-26H2,1-5H3. The number of hydrogen-bond acceptors (Lipinski definition) is 2. The van der Waals surface area contributed by atoms with E-state index in [0.717, 1.165) is 18.3 Å². The lowest BCUT2D eigenvalue weighted by atomic mass is 9.85. The molecule has 192 valence electrons. The van der Waals surface area contributed by atoms with Crippen LogP contribution in [0.2, 0.25) is 0 Å². The monoisotopic (exact) mass is 452 g/mol. The van der Waals surface area contributed by atoms with Gasteiger partial charge < -0.3 is 4.74 Å². The van der Waals surface area contributed by atoms with E-state index in [0.29, 0.717) is 6.42 Å². The van der Waals surface area contributed by atoms with Crippen LogP contribution >= 0.6 is 0 Å². The van der Waals surface area contributed by atoms with Crippen LogP contribution in [0.4, 0.5) is 0 Å². The molecule has 0 aromatic rings. The third-order valence-electron chi connectivity index (χ3n) is 6.94. The highest BCUT2D eigenvalue weighted by Gasteiger charge is 2.12. The third-order valence-corrected chi connectivity index (χ3v) is 6.94. The highest BCUT2D eigenvalue weighted by atomic mass is 16.5. The second-order valence-corrected chi connectivity index (χ2v) is 10.9. The number of ether oxygens (including phenoxy) is 1. The van der Waals surface area contributed by atoms with Crippen molar-refractivity contribution in [3.8, 4) is 0 Å². The van der Waals surface area contributed by atoms with Gasteiger partial charge in [0.05, 0.1) is 6.10 Å². The summed E-state index contributed by atoms with van der Waals surface area (Å²) in [6, 6.07) is 0. The Labute approximate surface area is 203 Å². The van der Waals surface area contributed by atoms with Gasteiger partial charge >= 0.3 is 5.97 Å². The fourth-order valence-corrected chi connectivity index (χ4v) is 4.76. The van der Waals surface area contributed by atoms with Gasteiger partial charge in [-0.1, -0.05) is 143 Å². The molecular weight excluding hydrogens is 392 g/mol. The minimum atomic E-state index is -0.0301. The van der Waals surface area contributed by atoms with E-state index in [1.165, 1.54) is 122 Å². The van der Waals surface area contributed by atoms with Crippen LogP contribution in [0.3, 0.4) is 0 Å². The summed E-state index contributed by atoms with van der Waals surface area (Å²) in [5, 5.41) is 0.